The second-order valence-corrected chi connectivity index (χ2v) is 15.5. The van der Waals surface area contributed by atoms with E-state index in [0.29, 0.717) is 0 Å². The molecule has 0 aliphatic rings. The van der Waals surface area contributed by atoms with E-state index < -0.39 is 0 Å². The molecule has 0 saturated heterocycles. The minimum Gasteiger partial charge on any atom is -0.310 e. The molecule has 0 amide bonds. The molecule has 1 aromatic heterocycles. The van der Waals surface area contributed by atoms with Gasteiger partial charge in [0.1, 0.15) is 0 Å². The molecule has 11 aromatic rings. The standard InChI is InChI=1S/C54H35NS/c1-2-13-38(14-3-1)46-21-10-17-40-18-11-22-47(52(40)46)39-28-32-45(33-29-39)55(44-30-26-37(27-31-44)42-25-24-36-12-4-5-15-41(36)34-42)50-35-43-16-6-7-19-48(43)54-53(50)49-20-8-9-23-51(49)56-54/h1-35H. The van der Waals surface area contributed by atoms with Crippen molar-refractivity contribution in [1.29, 1.82) is 0 Å². The highest BCUT2D eigenvalue weighted by Gasteiger charge is 2.21. The molecule has 56 heavy (non-hydrogen) atoms. The van der Waals surface area contributed by atoms with Gasteiger partial charge in [-0.2, -0.15) is 0 Å². The van der Waals surface area contributed by atoms with Crippen LogP contribution in [0, 0.1) is 0 Å². The first kappa shape index (κ1) is 32.4. The summed E-state index contributed by atoms with van der Waals surface area (Å²) in [7, 11) is 0. The topological polar surface area (TPSA) is 3.24 Å². The van der Waals surface area contributed by atoms with Gasteiger partial charge in [0.2, 0.25) is 0 Å². The van der Waals surface area contributed by atoms with Crippen molar-refractivity contribution in [3.8, 4) is 33.4 Å². The minimum atomic E-state index is 1.11. The van der Waals surface area contributed by atoms with Crippen LogP contribution in [-0.4, -0.2) is 0 Å². The molecule has 1 heterocycles. The Bertz CT molecular complexity index is 3230. The maximum absolute atomic E-state index is 2.46. The summed E-state index contributed by atoms with van der Waals surface area (Å²) in [6, 6.07) is 77.7. The Hall–Kier alpha value is -7.00. The average molecular weight is 730 g/mol. The van der Waals surface area contributed by atoms with Gasteiger partial charge in [-0.15, -0.1) is 11.3 Å². The minimum absolute atomic E-state index is 1.11. The highest BCUT2D eigenvalue weighted by molar-refractivity contribution is 7.26. The molecule has 0 atom stereocenters. The largest absolute Gasteiger partial charge is 0.310 e. The highest BCUT2D eigenvalue weighted by atomic mass is 32.1. The number of hydrogen-bond acceptors (Lipinski definition) is 2. The highest BCUT2D eigenvalue weighted by Crippen LogP contribution is 2.48. The van der Waals surface area contributed by atoms with E-state index in [-0.39, 0.29) is 0 Å². The third-order valence-electron chi connectivity index (χ3n) is 11.2. The van der Waals surface area contributed by atoms with Gasteiger partial charge in [0, 0.05) is 31.5 Å². The Kier molecular flexibility index (Phi) is 7.75. The molecule has 1 nitrogen and oxygen atoms in total. The van der Waals surface area contributed by atoms with Gasteiger partial charge in [0.05, 0.1) is 5.69 Å². The van der Waals surface area contributed by atoms with Crippen LogP contribution in [0.25, 0.3) is 85.9 Å². The van der Waals surface area contributed by atoms with Crippen LogP contribution in [0.2, 0.25) is 0 Å². The van der Waals surface area contributed by atoms with E-state index in [1.54, 1.807) is 0 Å². The molecule has 0 aliphatic carbocycles. The van der Waals surface area contributed by atoms with Crippen molar-refractivity contribution in [3.63, 3.8) is 0 Å². The van der Waals surface area contributed by atoms with E-state index in [1.165, 1.54) is 91.6 Å². The molecule has 262 valence electrons. The quantitative estimate of drug-likeness (QED) is 0.165. The van der Waals surface area contributed by atoms with E-state index in [9.17, 15) is 0 Å². The van der Waals surface area contributed by atoms with Crippen LogP contribution in [0.5, 0.6) is 0 Å². The summed E-state index contributed by atoms with van der Waals surface area (Å²) in [6.07, 6.45) is 0. The normalized spacial score (nSPS) is 11.6. The smallest absolute Gasteiger partial charge is 0.0561 e. The Labute approximate surface area is 330 Å². The predicted molar refractivity (Wildman–Crippen MR) is 243 cm³/mol. The fourth-order valence-corrected chi connectivity index (χ4v) is 9.80. The van der Waals surface area contributed by atoms with E-state index in [1.807, 2.05) is 11.3 Å². The third kappa shape index (κ3) is 5.46. The van der Waals surface area contributed by atoms with Crippen molar-refractivity contribution < 1.29 is 0 Å². The second-order valence-electron chi connectivity index (χ2n) is 14.5. The first-order chi connectivity index (χ1) is 27.8. The Morgan fingerprint density at radius 3 is 1.61 bits per heavy atom. The molecule has 0 fully saturated rings. The molecule has 0 N–H and O–H groups in total. The van der Waals surface area contributed by atoms with Crippen molar-refractivity contribution in [2.24, 2.45) is 0 Å². The van der Waals surface area contributed by atoms with Gasteiger partial charge < -0.3 is 4.90 Å². The van der Waals surface area contributed by atoms with Gasteiger partial charge >= 0.3 is 0 Å². The molecule has 0 radical (unpaired) electrons. The third-order valence-corrected chi connectivity index (χ3v) is 12.4. The number of benzene rings is 10. The molecule has 10 aromatic carbocycles. The molecule has 0 spiro atoms. The predicted octanol–water partition coefficient (Wildman–Crippen LogP) is 16.0. The van der Waals surface area contributed by atoms with Gasteiger partial charge in [-0.25, -0.2) is 0 Å². The molecular formula is C54H35NS. The summed E-state index contributed by atoms with van der Waals surface area (Å²) in [6.45, 7) is 0. The van der Waals surface area contributed by atoms with Crippen molar-refractivity contribution >= 4 is 80.9 Å². The maximum Gasteiger partial charge on any atom is 0.0561 e. The van der Waals surface area contributed by atoms with E-state index in [2.05, 4.69) is 217 Å². The van der Waals surface area contributed by atoms with Crippen molar-refractivity contribution in [3.05, 3.63) is 212 Å². The van der Waals surface area contributed by atoms with Crippen molar-refractivity contribution in [1.82, 2.24) is 0 Å². The number of thiophene rings is 1. The second kappa shape index (κ2) is 13.4. The van der Waals surface area contributed by atoms with Crippen LogP contribution in [0.4, 0.5) is 17.1 Å². The molecule has 0 bridgehead atoms. The Morgan fingerprint density at radius 2 is 0.875 bits per heavy atom. The SMILES string of the molecule is c1ccc(-c2cccc3cccc(-c4ccc(N(c5ccc(-c6ccc7ccccc7c6)cc5)c5cc6ccccc6c6sc7ccccc7c56)cc4)c23)cc1. The lowest BCUT2D eigenvalue weighted by molar-refractivity contribution is 1.30. The zero-order chi connectivity index (χ0) is 37.0. The number of fused-ring (bicyclic) bond motifs is 7. The molecule has 0 aliphatic heterocycles. The Morgan fingerprint density at radius 1 is 0.321 bits per heavy atom. The summed E-state index contributed by atoms with van der Waals surface area (Å²) in [5.41, 5.74) is 10.7. The average Bonchev–Trinajstić information content (AvgIpc) is 3.67. The van der Waals surface area contributed by atoms with Gasteiger partial charge in [0.25, 0.3) is 0 Å². The zero-order valence-corrected chi connectivity index (χ0v) is 31.4. The summed E-state index contributed by atoms with van der Waals surface area (Å²) in [4.78, 5) is 2.46. The van der Waals surface area contributed by atoms with Gasteiger partial charge in [-0.1, -0.05) is 170 Å². The monoisotopic (exact) mass is 729 g/mol. The summed E-state index contributed by atoms with van der Waals surface area (Å²) in [5, 5.41) is 10.1. The molecular weight excluding hydrogens is 695 g/mol. The van der Waals surface area contributed by atoms with Crippen LogP contribution in [0.1, 0.15) is 0 Å². The first-order valence-corrected chi connectivity index (χ1v) is 20.0. The summed E-state index contributed by atoms with van der Waals surface area (Å²) >= 11 is 1.89. The summed E-state index contributed by atoms with van der Waals surface area (Å²) in [5.74, 6) is 0. The van der Waals surface area contributed by atoms with Gasteiger partial charge in [-0.3, -0.25) is 0 Å². The van der Waals surface area contributed by atoms with E-state index in [0.717, 1.165) is 11.4 Å². The summed E-state index contributed by atoms with van der Waals surface area (Å²) < 4.78 is 2.62. The number of rotatable bonds is 6. The van der Waals surface area contributed by atoms with Gasteiger partial charge in [0.15, 0.2) is 0 Å². The lowest BCUT2D eigenvalue weighted by Gasteiger charge is -2.27. The molecule has 11 rings (SSSR count). The fraction of sp³-hybridized carbons (Fsp3) is 0. The number of nitrogens with zero attached hydrogens (tertiary/aromatic N) is 1. The van der Waals surface area contributed by atoms with E-state index in [4.69, 9.17) is 0 Å². The lowest BCUT2D eigenvalue weighted by Crippen LogP contribution is -2.10. The van der Waals surface area contributed by atoms with Crippen LogP contribution >= 0.6 is 11.3 Å². The Balaban J connectivity index is 1.10. The number of hydrogen-bond donors (Lipinski definition) is 0. The van der Waals surface area contributed by atoms with Crippen LogP contribution in [-0.2, 0) is 0 Å². The van der Waals surface area contributed by atoms with Crippen LogP contribution in [0.15, 0.2) is 212 Å². The molecule has 2 heteroatoms. The lowest BCUT2D eigenvalue weighted by atomic mass is 9.91. The number of anilines is 3. The van der Waals surface area contributed by atoms with Gasteiger partial charge in [-0.05, 0) is 108 Å². The molecule has 0 saturated carbocycles. The maximum atomic E-state index is 2.46. The zero-order valence-electron chi connectivity index (χ0n) is 30.6. The van der Waals surface area contributed by atoms with Crippen LogP contribution in [0.3, 0.4) is 0 Å². The van der Waals surface area contributed by atoms with Crippen LogP contribution < -0.4 is 4.90 Å². The van der Waals surface area contributed by atoms with Crippen molar-refractivity contribution in [2.45, 2.75) is 0 Å². The van der Waals surface area contributed by atoms with E-state index >= 15 is 0 Å². The fourth-order valence-electron chi connectivity index (χ4n) is 8.54. The molecule has 0 unspecified atom stereocenters. The van der Waals surface area contributed by atoms with Crippen molar-refractivity contribution in [2.75, 3.05) is 4.90 Å². The first-order valence-electron chi connectivity index (χ1n) is 19.2.